The summed E-state index contributed by atoms with van der Waals surface area (Å²) in [5.74, 6) is 0.870. The first-order chi connectivity index (χ1) is 17.5. The average molecular weight is 495 g/mol. The first kappa shape index (κ1) is 24.5. The molecule has 2 saturated heterocycles. The monoisotopic (exact) mass is 494 g/mol. The lowest BCUT2D eigenvalue weighted by molar-refractivity contribution is -0.142. The van der Waals surface area contributed by atoms with Gasteiger partial charge in [0.15, 0.2) is 11.2 Å². The van der Waals surface area contributed by atoms with Crippen molar-refractivity contribution in [2.45, 2.75) is 58.3 Å². The third-order valence-electron chi connectivity index (χ3n) is 7.14. The molecule has 0 radical (unpaired) electrons. The molecule has 0 saturated carbocycles. The summed E-state index contributed by atoms with van der Waals surface area (Å²) >= 11 is 0. The van der Waals surface area contributed by atoms with Crippen molar-refractivity contribution in [1.29, 1.82) is 0 Å². The molecule has 36 heavy (non-hydrogen) atoms. The first-order valence-electron chi connectivity index (χ1n) is 12.9. The van der Waals surface area contributed by atoms with Crippen molar-refractivity contribution >= 4 is 17.1 Å². The highest BCUT2D eigenvalue weighted by atomic mass is 16.5. The molecule has 2 fully saturated rings. The standard InChI is InChI=1S/C26H34N6O4/c1-2-3-11-31-21(18-29-12-14-30(15-13-29)25(34)20-10-7-16-36-20)27-23-22(31)24(33)28-26(35)32(23)17-19-8-5-4-6-9-19/h4-6,8-9,20H,2-3,7,10-18H2,1H3,(H,28,33,35). The number of aryl methyl sites for hydroxylation is 1. The lowest BCUT2D eigenvalue weighted by atomic mass is 10.2. The van der Waals surface area contributed by atoms with Crippen LogP contribution in [0, 0.1) is 0 Å². The van der Waals surface area contributed by atoms with Crippen LogP contribution in [0.3, 0.4) is 0 Å². The maximum absolute atomic E-state index is 12.9. The van der Waals surface area contributed by atoms with Crippen LogP contribution >= 0.6 is 0 Å². The minimum atomic E-state index is -0.454. The van der Waals surface area contributed by atoms with Gasteiger partial charge in [0.1, 0.15) is 11.9 Å². The van der Waals surface area contributed by atoms with E-state index in [4.69, 9.17) is 9.72 Å². The Labute approximate surface area is 209 Å². The van der Waals surface area contributed by atoms with Crippen molar-refractivity contribution in [2.75, 3.05) is 32.8 Å². The van der Waals surface area contributed by atoms with Gasteiger partial charge in [0.2, 0.25) is 0 Å². The molecular weight excluding hydrogens is 460 g/mol. The second-order valence-corrected chi connectivity index (χ2v) is 9.64. The molecule has 1 N–H and O–H groups in total. The van der Waals surface area contributed by atoms with E-state index in [0.29, 0.717) is 50.5 Å². The van der Waals surface area contributed by atoms with E-state index in [0.717, 1.165) is 50.2 Å². The fraction of sp³-hybridized carbons (Fsp3) is 0.538. The molecule has 2 aromatic heterocycles. The number of carbonyl (C=O) groups excluding carboxylic acids is 1. The molecule has 1 amide bonds. The maximum Gasteiger partial charge on any atom is 0.330 e. The number of hydrogen-bond acceptors (Lipinski definition) is 6. The molecule has 3 aromatic rings. The van der Waals surface area contributed by atoms with Crippen LogP contribution < -0.4 is 11.2 Å². The van der Waals surface area contributed by atoms with Crippen LogP contribution in [0.15, 0.2) is 39.9 Å². The predicted molar refractivity (Wildman–Crippen MR) is 136 cm³/mol. The van der Waals surface area contributed by atoms with Crippen LogP contribution in [0.5, 0.6) is 0 Å². The summed E-state index contributed by atoms with van der Waals surface area (Å²) in [4.78, 5) is 50.0. The summed E-state index contributed by atoms with van der Waals surface area (Å²) in [5.41, 5.74) is 0.974. The number of unbranched alkanes of at least 4 members (excludes halogenated alkanes) is 1. The van der Waals surface area contributed by atoms with Crippen molar-refractivity contribution in [2.24, 2.45) is 0 Å². The Morgan fingerprint density at radius 1 is 1.08 bits per heavy atom. The Balaban J connectivity index is 1.41. The molecule has 0 bridgehead atoms. The van der Waals surface area contributed by atoms with Gasteiger partial charge in [0.25, 0.3) is 11.5 Å². The Hall–Kier alpha value is -3.24. The molecule has 1 atom stereocenters. The summed E-state index contributed by atoms with van der Waals surface area (Å²) in [6.45, 7) is 7.07. The zero-order valence-corrected chi connectivity index (χ0v) is 20.8. The largest absolute Gasteiger partial charge is 0.368 e. The lowest BCUT2D eigenvalue weighted by Gasteiger charge is -2.35. The van der Waals surface area contributed by atoms with Crippen LogP contribution in [0.2, 0.25) is 0 Å². The predicted octanol–water partition coefficient (Wildman–Crippen LogP) is 1.56. The SMILES string of the molecule is CCCCn1c(CN2CCN(C(=O)C3CCCO3)CC2)nc2c1c(=O)[nH]c(=O)n2Cc1ccccc1. The summed E-state index contributed by atoms with van der Waals surface area (Å²) in [5, 5.41) is 0. The molecule has 192 valence electrons. The smallest absolute Gasteiger partial charge is 0.330 e. The highest BCUT2D eigenvalue weighted by Gasteiger charge is 2.31. The molecule has 1 aromatic carbocycles. The van der Waals surface area contributed by atoms with E-state index < -0.39 is 11.2 Å². The van der Waals surface area contributed by atoms with Gasteiger partial charge in [-0.15, -0.1) is 0 Å². The average Bonchev–Trinajstić information content (AvgIpc) is 3.55. The number of nitrogens with one attached hydrogen (secondary N) is 1. The minimum absolute atomic E-state index is 0.0961. The molecule has 10 heteroatoms. The highest BCUT2D eigenvalue weighted by Crippen LogP contribution is 2.19. The molecule has 0 spiro atoms. The number of fused-ring (bicyclic) bond motifs is 1. The van der Waals surface area contributed by atoms with Crippen LogP contribution in [0.25, 0.3) is 11.2 Å². The second kappa shape index (κ2) is 10.8. The van der Waals surface area contributed by atoms with E-state index >= 15 is 0 Å². The topological polar surface area (TPSA) is 105 Å². The molecule has 4 heterocycles. The van der Waals surface area contributed by atoms with Crippen molar-refractivity contribution in [1.82, 2.24) is 28.9 Å². The quantitative estimate of drug-likeness (QED) is 0.510. The summed E-state index contributed by atoms with van der Waals surface area (Å²) in [6, 6.07) is 9.70. The number of hydrogen-bond donors (Lipinski definition) is 1. The number of piperazine rings is 1. The van der Waals surface area contributed by atoms with Crippen molar-refractivity contribution in [3.63, 3.8) is 0 Å². The van der Waals surface area contributed by atoms with Crippen molar-refractivity contribution in [3.05, 3.63) is 62.6 Å². The number of nitrogens with zero attached hydrogens (tertiary/aromatic N) is 5. The Kier molecular flexibility index (Phi) is 7.33. The van der Waals surface area contributed by atoms with Gasteiger partial charge < -0.3 is 14.2 Å². The number of ether oxygens (including phenoxy) is 1. The third-order valence-corrected chi connectivity index (χ3v) is 7.14. The molecule has 1 unspecified atom stereocenters. The molecule has 0 aliphatic carbocycles. The lowest BCUT2D eigenvalue weighted by Crippen LogP contribution is -2.51. The van der Waals surface area contributed by atoms with E-state index in [9.17, 15) is 14.4 Å². The number of carbonyl (C=O) groups is 1. The molecular formula is C26H34N6O4. The van der Waals surface area contributed by atoms with Gasteiger partial charge in [-0.05, 0) is 24.8 Å². The number of imidazole rings is 1. The van der Waals surface area contributed by atoms with Crippen LogP contribution in [-0.4, -0.2) is 73.7 Å². The van der Waals surface area contributed by atoms with Gasteiger partial charge >= 0.3 is 5.69 Å². The third kappa shape index (κ3) is 5.01. The zero-order valence-electron chi connectivity index (χ0n) is 20.8. The number of H-pyrrole nitrogens is 1. The minimum Gasteiger partial charge on any atom is -0.368 e. The van der Waals surface area contributed by atoms with Crippen molar-refractivity contribution < 1.29 is 9.53 Å². The Morgan fingerprint density at radius 2 is 1.86 bits per heavy atom. The van der Waals surface area contributed by atoms with E-state index in [-0.39, 0.29) is 12.0 Å². The second-order valence-electron chi connectivity index (χ2n) is 9.64. The summed E-state index contributed by atoms with van der Waals surface area (Å²) in [7, 11) is 0. The van der Waals surface area contributed by atoms with Gasteiger partial charge in [0.05, 0.1) is 13.1 Å². The van der Waals surface area contributed by atoms with E-state index in [1.165, 1.54) is 0 Å². The van der Waals surface area contributed by atoms with E-state index in [1.54, 1.807) is 4.57 Å². The molecule has 5 rings (SSSR count). The van der Waals surface area contributed by atoms with Gasteiger partial charge in [-0.1, -0.05) is 43.7 Å². The van der Waals surface area contributed by atoms with Gasteiger partial charge in [-0.2, -0.15) is 0 Å². The number of amides is 1. The highest BCUT2D eigenvalue weighted by molar-refractivity contribution is 5.81. The number of aromatic nitrogens is 4. The van der Waals surface area contributed by atoms with Gasteiger partial charge in [-0.25, -0.2) is 9.78 Å². The van der Waals surface area contributed by atoms with E-state index in [1.807, 2.05) is 39.8 Å². The zero-order chi connectivity index (χ0) is 25.1. The fourth-order valence-electron chi connectivity index (χ4n) is 5.11. The summed E-state index contributed by atoms with van der Waals surface area (Å²) in [6.07, 6.45) is 3.34. The number of rotatable bonds is 8. The van der Waals surface area contributed by atoms with Crippen LogP contribution in [0.1, 0.15) is 44.0 Å². The molecule has 2 aliphatic heterocycles. The van der Waals surface area contributed by atoms with Gasteiger partial charge in [0, 0.05) is 39.3 Å². The first-order valence-corrected chi connectivity index (χ1v) is 12.9. The maximum atomic E-state index is 12.9. The van der Waals surface area contributed by atoms with E-state index in [2.05, 4.69) is 16.8 Å². The number of benzene rings is 1. The summed E-state index contributed by atoms with van der Waals surface area (Å²) < 4.78 is 9.10. The number of aromatic amines is 1. The molecule has 2 aliphatic rings. The van der Waals surface area contributed by atoms with Crippen molar-refractivity contribution in [3.8, 4) is 0 Å². The van der Waals surface area contributed by atoms with Crippen LogP contribution in [0.4, 0.5) is 0 Å². The molecule has 10 nitrogen and oxygen atoms in total. The Morgan fingerprint density at radius 3 is 2.56 bits per heavy atom. The van der Waals surface area contributed by atoms with Crippen LogP contribution in [-0.2, 0) is 29.2 Å². The van der Waals surface area contributed by atoms with Gasteiger partial charge in [-0.3, -0.25) is 24.0 Å². The normalized spacial score (nSPS) is 18.8. The Bertz CT molecular complexity index is 1310. The fourth-order valence-corrected chi connectivity index (χ4v) is 5.11.